The fourth-order valence-electron chi connectivity index (χ4n) is 3.97. The smallest absolute Gasteiger partial charge is 0.358 e. The number of rotatable bonds is 6. The average molecular weight is 369 g/mol. The molecule has 0 aromatic heterocycles. The molecule has 0 saturated heterocycles. The maximum atomic E-state index is 2.44. The second kappa shape index (κ2) is 16.6. The third-order valence-corrected chi connectivity index (χ3v) is 11.9. The molecule has 22 heavy (non-hydrogen) atoms. The molecule has 0 N–H and O–H groups in total. The minimum absolute atomic E-state index is 0. The van der Waals surface area contributed by atoms with Crippen LogP contribution in [0.5, 0.6) is 0 Å². The van der Waals surface area contributed by atoms with Crippen LogP contribution in [0.4, 0.5) is 0 Å². The van der Waals surface area contributed by atoms with Crippen LogP contribution in [-0.2, 0) is 17.1 Å². The molecule has 0 bridgehead atoms. The molecule has 136 valence electrons. The fraction of sp³-hybridized carbons (Fsp3) is 0.900. The molecule has 0 aromatic carbocycles. The Morgan fingerprint density at radius 2 is 1.05 bits per heavy atom. The fourth-order valence-corrected chi connectivity index (χ4v) is 7.55. The van der Waals surface area contributed by atoms with Gasteiger partial charge >= 0.3 is 17.1 Å². The Labute approximate surface area is 155 Å². The summed E-state index contributed by atoms with van der Waals surface area (Å²) in [6.07, 6.45) is 15.2. The van der Waals surface area contributed by atoms with Crippen molar-refractivity contribution in [2.45, 2.75) is 109 Å². The van der Waals surface area contributed by atoms with Crippen LogP contribution in [0.3, 0.4) is 0 Å². The van der Waals surface area contributed by atoms with Gasteiger partial charge in [-0.3, -0.25) is 0 Å². The minimum Gasteiger partial charge on any atom is -0.358 e. The summed E-state index contributed by atoms with van der Waals surface area (Å²) in [6, 6.07) is 6.19. The van der Waals surface area contributed by atoms with Gasteiger partial charge < -0.3 is 14.9 Å². The molecule has 0 spiro atoms. The summed E-state index contributed by atoms with van der Waals surface area (Å²) in [7, 11) is -0.785. The van der Waals surface area contributed by atoms with Crippen LogP contribution in [0, 0.1) is 20.8 Å². The van der Waals surface area contributed by atoms with Crippen molar-refractivity contribution in [1.82, 2.24) is 0 Å². The summed E-state index contributed by atoms with van der Waals surface area (Å²) >= 11 is 0. The quantitative estimate of drug-likeness (QED) is 0.330. The molecule has 0 unspecified atom stereocenters. The second-order valence-corrected chi connectivity index (χ2v) is 12.6. The van der Waals surface area contributed by atoms with Gasteiger partial charge in [0.15, 0.2) is 0 Å². The van der Waals surface area contributed by atoms with Gasteiger partial charge in [-0.1, -0.05) is 109 Å². The molecule has 0 heterocycles. The van der Waals surface area contributed by atoms with Crippen molar-refractivity contribution in [3.05, 3.63) is 14.9 Å². The van der Waals surface area contributed by atoms with Crippen LogP contribution in [-0.4, -0.2) is 8.07 Å². The molecular weight excluding hydrogens is 324 g/mol. The van der Waals surface area contributed by atoms with Gasteiger partial charge in [0.05, 0.1) is 8.07 Å². The monoisotopic (exact) mass is 368 g/mol. The third kappa shape index (κ3) is 10.5. The summed E-state index contributed by atoms with van der Waals surface area (Å²) in [4.78, 5) is 0. The van der Waals surface area contributed by atoms with Crippen molar-refractivity contribution in [3.63, 3.8) is 0 Å². The summed E-state index contributed by atoms with van der Waals surface area (Å²) in [5.74, 6) is 1.12. The van der Waals surface area contributed by atoms with Gasteiger partial charge in [-0.2, -0.15) is 0 Å². The predicted molar refractivity (Wildman–Crippen MR) is 104 cm³/mol. The molecule has 2 rings (SSSR count). The molecule has 2 saturated carbocycles. The third-order valence-electron chi connectivity index (χ3n) is 6.06. The zero-order valence-corrected chi connectivity index (χ0v) is 18.4. The van der Waals surface area contributed by atoms with E-state index >= 15 is 0 Å². The molecule has 2 fully saturated rings. The van der Waals surface area contributed by atoms with E-state index < -0.39 is 8.07 Å². The van der Waals surface area contributed by atoms with Crippen molar-refractivity contribution in [1.29, 1.82) is 0 Å². The molecule has 2 heteroatoms. The molecule has 0 aliphatic heterocycles. The van der Waals surface area contributed by atoms with Gasteiger partial charge in [0.2, 0.25) is 0 Å². The molecule has 0 atom stereocenters. The van der Waals surface area contributed by atoms with Crippen molar-refractivity contribution >= 4 is 8.07 Å². The first-order chi connectivity index (χ1) is 9.26. The van der Waals surface area contributed by atoms with E-state index in [2.05, 4.69) is 20.8 Å². The molecule has 0 nitrogen and oxygen atoms in total. The first-order valence-electron chi connectivity index (χ1n) is 9.26. The largest absolute Gasteiger partial charge is 2.00 e. The van der Waals surface area contributed by atoms with Gasteiger partial charge in [0.1, 0.15) is 0 Å². The summed E-state index contributed by atoms with van der Waals surface area (Å²) in [6.45, 7) is 7.32. The average Bonchev–Trinajstić information content (AvgIpc) is 3.17. The van der Waals surface area contributed by atoms with E-state index in [1.807, 2.05) is 0 Å². The molecule has 0 radical (unpaired) electrons. The van der Waals surface area contributed by atoms with Crippen molar-refractivity contribution in [2.75, 3.05) is 0 Å². The molecule has 2 aliphatic rings. The van der Waals surface area contributed by atoms with Crippen LogP contribution in [0.1, 0.15) is 85.0 Å². The Morgan fingerprint density at radius 3 is 1.36 bits per heavy atom. The van der Waals surface area contributed by atoms with Crippen LogP contribution < -0.4 is 0 Å². The van der Waals surface area contributed by atoms with Gasteiger partial charge in [-0.25, -0.2) is 0 Å². The van der Waals surface area contributed by atoms with E-state index in [0.717, 1.165) is 5.92 Å². The van der Waals surface area contributed by atoms with Crippen LogP contribution in [0.15, 0.2) is 0 Å². The van der Waals surface area contributed by atoms with Crippen molar-refractivity contribution in [3.8, 4) is 0 Å². The minimum atomic E-state index is -0.785. The molecular formula is C20H44FeSi. The summed E-state index contributed by atoms with van der Waals surface area (Å²) in [5.41, 5.74) is 0. The first kappa shape index (κ1) is 27.6. The van der Waals surface area contributed by atoms with Gasteiger partial charge in [0.25, 0.3) is 0 Å². The van der Waals surface area contributed by atoms with Crippen LogP contribution in [0.2, 0.25) is 24.2 Å². The van der Waals surface area contributed by atoms with E-state index in [9.17, 15) is 0 Å². The van der Waals surface area contributed by atoms with Crippen LogP contribution in [0.25, 0.3) is 0 Å². The van der Waals surface area contributed by atoms with Gasteiger partial charge in [-0.05, 0) is 5.92 Å². The Bertz CT molecular complexity index is 188. The number of hydrogen-bond acceptors (Lipinski definition) is 0. The zero-order valence-electron chi connectivity index (χ0n) is 16.3. The Kier molecular flexibility index (Phi) is 20.8. The predicted octanol–water partition coefficient (Wildman–Crippen LogP) is 7.92. The zero-order chi connectivity index (χ0) is 14.0. The summed E-state index contributed by atoms with van der Waals surface area (Å²) < 4.78 is 0. The van der Waals surface area contributed by atoms with Gasteiger partial charge in [0, 0.05) is 0 Å². The first-order valence-corrected chi connectivity index (χ1v) is 12.1. The normalized spacial score (nSPS) is 17.6. The summed E-state index contributed by atoms with van der Waals surface area (Å²) in [5, 5.41) is 0. The Balaban J connectivity index is -0.000000388. The Morgan fingerprint density at radius 1 is 0.682 bits per heavy atom. The van der Waals surface area contributed by atoms with E-state index in [1.54, 1.807) is 25.3 Å². The standard InChI is InChI=1S/C13H28Si.C5H10.2CH3.Fe/c1-4-14(5-2,6-3)12-11-13-9-7-8-10-13;1-2-4-5-3-1;;;/h13H,4-12H2,1-3H3;1-5H2;2*1H3;/q;;2*-1;+2. The van der Waals surface area contributed by atoms with E-state index in [0.29, 0.717) is 0 Å². The maximum absolute atomic E-state index is 2.44. The number of hydrogen-bond donors (Lipinski definition) is 0. The van der Waals surface area contributed by atoms with E-state index in [4.69, 9.17) is 0 Å². The molecule has 0 amide bonds. The van der Waals surface area contributed by atoms with Crippen LogP contribution >= 0.6 is 0 Å². The molecule has 0 aromatic rings. The molecule has 2 aliphatic carbocycles. The van der Waals surface area contributed by atoms with E-state index in [-0.39, 0.29) is 31.9 Å². The maximum Gasteiger partial charge on any atom is 2.00 e. The SMILES string of the molecule is C1CCCC1.CC[Si](CC)(CC)CCC1CCCC1.[CH3-].[CH3-].[Fe+2]. The topological polar surface area (TPSA) is 0 Å². The van der Waals surface area contributed by atoms with Crippen molar-refractivity contribution < 1.29 is 17.1 Å². The van der Waals surface area contributed by atoms with Gasteiger partial charge in [-0.15, -0.1) is 0 Å². The second-order valence-electron chi connectivity index (χ2n) is 7.02. The van der Waals surface area contributed by atoms with Crippen molar-refractivity contribution in [2.24, 2.45) is 5.92 Å². The van der Waals surface area contributed by atoms with E-state index in [1.165, 1.54) is 63.1 Å². The Hall–Kier alpha value is 0.736.